The first-order chi connectivity index (χ1) is 11.6. The van der Waals surface area contributed by atoms with E-state index in [0.717, 1.165) is 12.1 Å². The Morgan fingerprint density at radius 3 is 2.67 bits per heavy atom. The Morgan fingerprint density at radius 2 is 1.96 bits per heavy atom. The Labute approximate surface area is 143 Å². The molecule has 1 aliphatic rings. The Hall–Kier alpha value is -2.49. The van der Waals surface area contributed by atoms with E-state index in [2.05, 4.69) is 24.1 Å². The number of nitrogens with two attached hydrogens (primary N) is 1. The minimum atomic E-state index is -0.135. The summed E-state index contributed by atoms with van der Waals surface area (Å²) in [5.74, 6) is -0.135. The Morgan fingerprint density at radius 1 is 1.21 bits per heavy atom. The van der Waals surface area contributed by atoms with Crippen LogP contribution in [0.5, 0.6) is 0 Å². The van der Waals surface area contributed by atoms with Crippen molar-refractivity contribution in [1.82, 2.24) is 0 Å². The van der Waals surface area contributed by atoms with E-state index in [1.165, 1.54) is 24.9 Å². The first-order valence-corrected chi connectivity index (χ1v) is 8.59. The molecule has 1 heterocycles. The number of carbonyl (C=O) groups excluding carboxylic acids is 1. The summed E-state index contributed by atoms with van der Waals surface area (Å²) in [6.45, 7) is 5.39. The molecule has 3 rings (SSSR count). The smallest absolute Gasteiger partial charge is 0.255 e. The number of amides is 1. The molecular formula is C20H25N3O. The van der Waals surface area contributed by atoms with Crippen LogP contribution in [0.15, 0.2) is 42.5 Å². The molecule has 1 aliphatic heterocycles. The molecule has 1 saturated heterocycles. The summed E-state index contributed by atoms with van der Waals surface area (Å²) >= 11 is 0. The van der Waals surface area contributed by atoms with Crippen molar-refractivity contribution < 1.29 is 4.79 Å². The molecule has 0 saturated carbocycles. The van der Waals surface area contributed by atoms with Crippen LogP contribution in [-0.2, 0) is 0 Å². The third-order valence-corrected chi connectivity index (χ3v) is 4.76. The number of carbonyl (C=O) groups is 1. The zero-order chi connectivity index (χ0) is 17.1. The van der Waals surface area contributed by atoms with Gasteiger partial charge in [-0.1, -0.05) is 18.2 Å². The van der Waals surface area contributed by atoms with Gasteiger partial charge in [0.15, 0.2) is 0 Å². The summed E-state index contributed by atoms with van der Waals surface area (Å²) in [5, 5.41) is 2.96. The lowest BCUT2D eigenvalue weighted by Gasteiger charge is -2.36. The molecule has 1 amide bonds. The van der Waals surface area contributed by atoms with Gasteiger partial charge in [-0.3, -0.25) is 4.79 Å². The molecule has 3 N–H and O–H groups in total. The molecule has 1 fully saturated rings. The fraction of sp³-hybridized carbons (Fsp3) is 0.350. The van der Waals surface area contributed by atoms with Crippen LogP contribution in [0.4, 0.5) is 17.1 Å². The van der Waals surface area contributed by atoms with Gasteiger partial charge in [-0.25, -0.2) is 0 Å². The Kier molecular flexibility index (Phi) is 4.74. The van der Waals surface area contributed by atoms with E-state index in [-0.39, 0.29) is 5.91 Å². The van der Waals surface area contributed by atoms with Crippen molar-refractivity contribution in [2.75, 3.05) is 22.5 Å². The molecule has 126 valence electrons. The molecule has 0 spiro atoms. The highest BCUT2D eigenvalue weighted by Gasteiger charge is 2.21. The molecule has 4 heteroatoms. The van der Waals surface area contributed by atoms with E-state index in [9.17, 15) is 4.79 Å². The van der Waals surface area contributed by atoms with Gasteiger partial charge in [0.2, 0.25) is 0 Å². The van der Waals surface area contributed by atoms with Gasteiger partial charge in [0.1, 0.15) is 0 Å². The van der Waals surface area contributed by atoms with E-state index in [1.807, 2.05) is 30.3 Å². The number of hydrogen-bond donors (Lipinski definition) is 2. The number of anilines is 3. The minimum Gasteiger partial charge on any atom is -0.397 e. The maximum Gasteiger partial charge on any atom is 0.255 e. The number of aryl methyl sites for hydroxylation is 1. The number of nitrogen functional groups attached to an aromatic ring is 1. The maximum atomic E-state index is 12.4. The van der Waals surface area contributed by atoms with Crippen LogP contribution in [0.1, 0.15) is 42.1 Å². The average molecular weight is 323 g/mol. The van der Waals surface area contributed by atoms with Crippen LogP contribution in [0.3, 0.4) is 0 Å². The van der Waals surface area contributed by atoms with Crippen LogP contribution < -0.4 is 16.0 Å². The van der Waals surface area contributed by atoms with Gasteiger partial charge in [-0.15, -0.1) is 0 Å². The van der Waals surface area contributed by atoms with E-state index >= 15 is 0 Å². The fourth-order valence-corrected chi connectivity index (χ4v) is 3.38. The monoisotopic (exact) mass is 323 g/mol. The van der Waals surface area contributed by atoms with Crippen molar-refractivity contribution >= 4 is 23.0 Å². The highest BCUT2D eigenvalue weighted by molar-refractivity contribution is 6.06. The standard InChI is InChI=1S/C20H25N3O/c1-14-12-17(21)18(22-20(24)16-9-4-3-5-10-16)13-19(14)23-11-7-6-8-15(23)2/h3-5,9-10,12-13,15H,6-8,11,21H2,1-2H3,(H,22,24)/t15-/m0/s1. The second kappa shape index (κ2) is 6.95. The topological polar surface area (TPSA) is 58.4 Å². The molecular weight excluding hydrogens is 298 g/mol. The number of hydrogen-bond acceptors (Lipinski definition) is 3. The molecule has 2 aromatic carbocycles. The van der Waals surface area contributed by atoms with Crippen molar-refractivity contribution in [1.29, 1.82) is 0 Å². The molecule has 0 aliphatic carbocycles. The summed E-state index contributed by atoms with van der Waals surface area (Å²) in [5.41, 5.74) is 10.4. The SMILES string of the molecule is Cc1cc(N)c(NC(=O)c2ccccc2)cc1N1CCCC[C@@H]1C. The lowest BCUT2D eigenvalue weighted by molar-refractivity contribution is 0.102. The van der Waals surface area contributed by atoms with E-state index in [4.69, 9.17) is 5.73 Å². The van der Waals surface area contributed by atoms with Crippen LogP contribution in [0.25, 0.3) is 0 Å². The number of benzene rings is 2. The first kappa shape index (κ1) is 16.4. The van der Waals surface area contributed by atoms with Crippen LogP contribution >= 0.6 is 0 Å². The highest BCUT2D eigenvalue weighted by atomic mass is 16.1. The molecule has 1 atom stereocenters. The fourth-order valence-electron chi connectivity index (χ4n) is 3.38. The van der Waals surface area contributed by atoms with Crippen LogP contribution in [0.2, 0.25) is 0 Å². The zero-order valence-electron chi connectivity index (χ0n) is 14.4. The molecule has 0 unspecified atom stereocenters. The second-order valence-electron chi connectivity index (χ2n) is 6.58. The summed E-state index contributed by atoms with van der Waals surface area (Å²) < 4.78 is 0. The molecule has 0 aromatic heterocycles. The number of nitrogens with one attached hydrogen (secondary N) is 1. The number of nitrogens with zero attached hydrogens (tertiary/aromatic N) is 1. The number of rotatable bonds is 3. The van der Waals surface area contributed by atoms with Gasteiger partial charge < -0.3 is 16.0 Å². The van der Waals surface area contributed by atoms with E-state index < -0.39 is 0 Å². The minimum absolute atomic E-state index is 0.135. The lowest BCUT2D eigenvalue weighted by Crippen LogP contribution is -2.37. The first-order valence-electron chi connectivity index (χ1n) is 8.59. The molecule has 0 bridgehead atoms. The average Bonchev–Trinajstić information content (AvgIpc) is 2.59. The second-order valence-corrected chi connectivity index (χ2v) is 6.58. The van der Waals surface area contributed by atoms with Gasteiger partial charge in [-0.05, 0) is 62.9 Å². The van der Waals surface area contributed by atoms with Gasteiger partial charge in [0, 0.05) is 23.8 Å². The van der Waals surface area contributed by atoms with Crippen LogP contribution in [-0.4, -0.2) is 18.5 Å². The van der Waals surface area contributed by atoms with E-state index in [0.29, 0.717) is 23.0 Å². The Bertz CT molecular complexity index is 727. The van der Waals surface area contributed by atoms with Gasteiger partial charge in [0.25, 0.3) is 5.91 Å². The maximum absolute atomic E-state index is 12.4. The molecule has 4 nitrogen and oxygen atoms in total. The zero-order valence-corrected chi connectivity index (χ0v) is 14.4. The van der Waals surface area contributed by atoms with Crippen molar-refractivity contribution in [3.63, 3.8) is 0 Å². The summed E-state index contributed by atoms with van der Waals surface area (Å²) in [4.78, 5) is 14.8. The van der Waals surface area contributed by atoms with Crippen LogP contribution in [0, 0.1) is 6.92 Å². The van der Waals surface area contributed by atoms with Gasteiger partial charge in [-0.2, -0.15) is 0 Å². The predicted molar refractivity (Wildman–Crippen MR) is 101 cm³/mol. The third-order valence-electron chi connectivity index (χ3n) is 4.76. The molecule has 0 radical (unpaired) electrons. The molecule has 2 aromatic rings. The van der Waals surface area contributed by atoms with Gasteiger partial charge >= 0.3 is 0 Å². The lowest BCUT2D eigenvalue weighted by atomic mass is 10.0. The van der Waals surface area contributed by atoms with Crippen molar-refractivity contribution in [3.8, 4) is 0 Å². The quantitative estimate of drug-likeness (QED) is 0.832. The summed E-state index contributed by atoms with van der Waals surface area (Å²) in [6.07, 6.45) is 3.69. The number of piperidine rings is 1. The van der Waals surface area contributed by atoms with Crippen molar-refractivity contribution in [3.05, 3.63) is 53.6 Å². The summed E-state index contributed by atoms with van der Waals surface area (Å²) in [6, 6.07) is 13.7. The van der Waals surface area contributed by atoms with Crippen molar-refractivity contribution in [2.45, 2.75) is 39.2 Å². The molecule has 24 heavy (non-hydrogen) atoms. The Balaban J connectivity index is 1.88. The predicted octanol–water partition coefficient (Wildman–Crippen LogP) is 4.21. The normalized spacial score (nSPS) is 17.6. The van der Waals surface area contributed by atoms with Gasteiger partial charge in [0.05, 0.1) is 11.4 Å². The largest absolute Gasteiger partial charge is 0.397 e. The van der Waals surface area contributed by atoms with E-state index in [1.54, 1.807) is 12.1 Å². The highest BCUT2D eigenvalue weighted by Crippen LogP contribution is 2.33. The summed E-state index contributed by atoms with van der Waals surface area (Å²) in [7, 11) is 0. The van der Waals surface area contributed by atoms with Crippen molar-refractivity contribution in [2.24, 2.45) is 0 Å². The third kappa shape index (κ3) is 3.37.